The van der Waals surface area contributed by atoms with Crippen LogP contribution in [0.15, 0.2) is 53.3 Å². The maximum Gasteiger partial charge on any atom is 0.259 e. The second kappa shape index (κ2) is 4.29. The third-order valence-electron chi connectivity index (χ3n) is 2.48. The Morgan fingerprint density at radius 3 is 2.72 bits per heavy atom. The van der Waals surface area contributed by atoms with Gasteiger partial charge in [-0.1, -0.05) is 17.3 Å². The lowest BCUT2D eigenvalue weighted by Crippen LogP contribution is -1.86. The summed E-state index contributed by atoms with van der Waals surface area (Å²) in [6.07, 6.45) is 3.37. The lowest BCUT2D eigenvalue weighted by molar-refractivity contribution is 0.432. The smallest absolute Gasteiger partial charge is 0.259 e. The molecule has 0 radical (unpaired) electrons. The molecule has 0 spiro atoms. The number of hydrogen-bond donors (Lipinski definition) is 1. The molecule has 2 aromatic heterocycles. The standard InChI is InChI=1S/C13H10N4O/c14-11-5-1-3-9(7-11)12-16-13(18-17-12)10-4-2-6-15-8-10/h1-8H,14H2. The lowest BCUT2D eigenvalue weighted by atomic mass is 10.2. The fourth-order valence-electron chi connectivity index (χ4n) is 1.63. The van der Waals surface area contributed by atoms with Crippen molar-refractivity contribution in [3.8, 4) is 22.8 Å². The van der Waals surface area contributed by atoms with Crippen molar-refractivity contribution in [2.75, 3.05) is 5.73 Å². The van der Waals surface area contributed by atoms with Crippen molar-refractivity contribution >= 4 is 5.69 Å². The van der Waals surface area contributed by atoms with Gasteiger partial charge in [0, 0.05) is 23.6 Å². The van der Waals surface area contributed by atoms with E-state index in [1.54, 1.807) is 18.5 Å². The summed E-state index contributed by atoms with van der Waals surface area (Å²) >= 11 is 0. The summed E-state index contributed by atoms with van der Waals surface area (Å²) in [5.41, 5.74) is 8.00. The predicted octanol–water partition coefficient (Wildman–Crippen LogP) is 2.38. The monoisotopic (exact) mass is 238 g/mol. The normalized spacial score (nSPS) is 10.4. The Morgan fingerprint density at radius 1 is 1.06 bits per heavy atom. The van der Waals surface area contributed by atoms with E-state index in [0.717, 1.165) is 11.1 Å². The molecule has 0 aliphatic heterocycles. The number of nitrogens with zero attached hydrogens (tertiary/aromatic N) is 3. The molecule has 2 heterocycles. The fraction of sp³-hybridized carbons (Fsp3) is 0. The number of benzene rings is 1. The average molecular weight is 238 g/mol. The predicted molar refractivity (Wildman–Crippen MR) is 67.4 cm³/mol. The quantitative estimate of drug-likeness (QED) is 0.693. The zero-order valence-electron chi connectivity index (χ0n) is 9.45. The number of nitrogens with two attached hydrogens (primary N) is 1. The van der Waals surface area contributed by atoms with Crippen molar-refractivity contribution in [2.24, 2.45) is 0 Å². The van der Waals surface area contributed by atoms with E-state index in [1.807, 2.05) is 30.3 Å². The van der Waals surface area contributed by atoms with Crippen LogP contribution in [0.5, 0.6) is 0 Å². The minimum Gasteiger partial charge on any atom is -0.399 e. The molecule has 0 bridgehead atoms. The number of pyridine rings is 1. The van der Waals surface area contributed by atoms with Crippen LogP contribution < -0.4 is 5.73 Å². The highest BCUT2D eigenvalue weighted by molar-refractivity contribution is 5.62. The van der Waals surface area contributed by atoms with Gasteiger partial charge in [0.15, 0.2) is 0 Å². The summed E-state index contributed by atoms with van der Waals surface area (Å²) in [6, 6.07) is 11.0. The molecule has 1 aromatic carbocycles. The van der Waals surface area contributed by atoms with Crippen LogP contribution >= 0.6 is 0 Å². The van der Waals surface area contributed by atoms with Crippen LogP contribution in [-0.4, -0.2) is 15.1 Å². The summed E-state index contributed by atoms with van der Waals surface area (Å²) in [5, 5.41) is 3.93. The van der Waals surface area contributed by atoms with Crippen LogP contribution in [0.2, 0.25) is 0 Å². The highest BCUT2D eigenvalue weighted by atomic mass is 16.5. The summed E-state index contributed by atoms with van der Waals surface area (Å²) < 4.78 is 5.20. The average Bonchev–Trinajstić information content (AvgIpc) is 2.89. The Labute approximate surface area is 103 Å². The molecule has 3 rings (SSSR count). The highest BCUT2D eigenvalue weighted by Crippen LogP contribution is 2.22. The maximum absolute atomic E-state index is 5.72. The van der Waals surface area contributed by atoms with Crippen LogP contribution in [0.4, 0.5) is 5.69 Å². The SMILES string of the molecule is Nc1cccc(-c2noc(-c3cccnc3)n2)c1. The van der Waals surface area contributed by atoms with E-state index in [2.05, 4.69) is 15.1 Å². The van der Waals surface area contributed by atoms with E-state index in [1.165, 1.54) is 0 Å². The number of anilines is 1. The Hall–Kier alpha value is -2.69. The zero-order chi connectivity index (χ0) is 12.4. The van der Waals surface area contributed by atoms with Gasteiger partial charge in [0.05, 0.1) is 5.56 Å². The molecule has 0 aliphatic rings. The van der Waals surface area contributed by atoms with Crippen molar-refractivity contribution in [1.29, 1.82) is 0 Å². The largest absolute Gasteiger partial charge is 0.399 e. The van der Waals surface area contributed by atoms with E-state index < -0.39 is 0 Å². The fourth-order valence-corrected chi connectivity index (χ4v) is 1.63. The van der Waals surface area contributed by atoms with Crippen molar-refractivity contribution in [3.05, 3.63) is 48.8 Å². The molecule has 0 atom stereocenters. The highest BCUT2D eigenvalue weighted by Gasteiger charge is 2.10. The van der Waals surface area contributed by atoms with E-state index in [-0.39, 0.29) is 0 Å². The third-order valence-corrected chi connectivity index (χ3v) is 2.48. The summed E-state index contributed by atoms with van der Waals surface area (Å²) in [4.78, 5) is 8.33. The van der Waals surface area contributed by atoms with Crippen LogP contribution in [0.3, 0.4) is 0 Å². The summed E-state index contributed by atoms with van der Waals surface area (Å²) in [7, 11) is 0. The Bertz CT molecular complexity index is 664. The summed E-state index contributed by atoms with van der Waals surface area (Å²) in [5.74, 6) is 0.960. The van der Waals surface area contributed by atoms with E-state index >= 15 is 0 Å². The van der Waals surface area contributed by atoms with Crippen LogP contribution in [0.1, 0.15) is 0 Å². The first-order chi connectivity index (χ1) is 8.83. The van der Waals surface area contributed by atoms with Crippen molar-refractivity contribution in [1.82, 2.24) is 15.1 Å². The van der Waals surface area contributed by atoms with Gasteiger partial charge in [-0.3, -0.25) is 4.98 Å². The molecule has 2 N–H and O–H groups in total. The zero-order valence-corrected chi connectivity index (χ0v) is 9.45. The van der Waals surface area contributed by atoms with Crippen molar-refractivity contribution in [2.45, 2.75) is 0 Å². The van der Waals surface area contributed by atoms with Crippen LogP contribution in [-0.2, 0) is 0 Å². The van der Waals surface area contributed by atoms with Gasteiger partial charge < -0.3 is 10.3 Å². The Kier molecular flexibility index (Phi) is 2.49. The third kappa shape index (κ3) is 1.93. The van der Waals surface area contributed by atoms with E-state index in [4.69, 9.17) is 10.3 Å². The van der Waals surface area contributed by atoms with E-state index in [9.17, 15) is 0 Å². The molecule has 5 nitrogen and oxygen atoms in total. The van der Waals surface area contributed by atoms with Gasteiger partial charge in [-0.25, -0.2) is 0 Å². The summed E-state index contributed by atoms with van der Waals surface area (Å²) in [6.45, 7) is 0. The minimum atomic E-state index is 0.445. The molecule has 0 unspecified atom stereocenters. The van der Waals surface area contributed by atoms with Crippen LogP contribution in [0.25, 0.3) is 22.8 Å². The van der Waals surface area contributed by atoms with Gasteiger partial charge >= 0.3 is 0 Å². The first-order valence-corrected chi connectivity index (χ1v) is 5.43. The molecule has 0 saturated carbocycles. The van der Waals surface area contributed by atoms with Gasteiger partial charge in [-0.05, 0) is 24.3 Å². The number of aromatic nitrogens is 3. The molecule has 0 fully saturated rings. The second-order valence-electron chi connectivity index (χ2n) is 3.79. The lowest BCUT2D eigenvalue weighted by Gasteiger charge is -1.95. The Balaban J connectivity index is 2.00. The second-order valence-corrected chi connectivity index (χ2v) is 3.79. The van der Waals surface area contributed by atoms with Gasteiger partial charge in [-0.2, -0.15) is 4.98 Å². The Morgan fingerprint density at radius 2 is 1.94 bits per heavy atom. The van der Waals surface area contributed by atoms with Gasteiger partial charge in [0.1, 0.15) is 0 Å². The molecule has 0 amide bonds. The number of nitrogen functional groups attached to an aromatic ring is 1. The molecule has 18 heavy (non-hydrogen) atoms. The molecular weight excluding hydrogens is 228 g/mol. The van der Waals surface area contributed by atoms with Crippen molar-refractivity contribution < 1.29 is 4.52 Å². The van der Waals surface area contributed by atoms with Crippen molar-refractivity contribution in [3.63, 3.8) is 0 Å². The topological polar surface area (TPSA) is 77.8 Å². The first kappa shape index (κ1) is 10.5. The van der Waals surface area contributed by atoms with Gasteiger partial charge in [-0.15, -0.1) is 0 Å². The van der Waals surface area contributed by atoms with Gasteiger partial charge in [0.2, 0.25) is 5.82 Å². The minimum absolute atomic E-state index is 0.445. The molecule has 88 valence electrons. The van der Waals surface area contributed by atoms with Crippen LogP contribution in [0, 0.1) is 0 Å². The molecule has 0 saturated heterocycles. The van der Waals surface area contributed by atoms with E-state index in [0.29, 0.717) is 17.4 Å². The van der Waals surface area contributed by atoms with Gasteiger partial charge in [0.25, 0.3) is 5.89 Å². The molecule has 3 aromatic rings. The maximum atomic E-state index is 5.72. The molecule has 5 heteroatoms. The molecule has 0 aliphatic carbocycles. The first-order valence-electron chi connectivity index (χ1n) is 5.43. The number of rotatable bonds is 2. The molecular formula is C13H10N4O. The number of hydrogen-bond acceptors (Lipinski definition) is 5.